The topological polar surface area (TPSA) is 116 Å². The van der Waals surface area contributed by atoms with Gasteiger partial charge in [-0.1, -0.05) is 45.0 Å². The van der Waals surface area contributed by atoms with Crippen LogP contribution >= 0.6 is 0 Å². The van der Waals surface area contributed by atoms with Crippen molar-refractivity contribution < 1.29 is 24.2 Å². The second-order valence-corrected chi connectivity index (χ2v) is 10.9. The molecule has 0 saturated carbocycles. The quantitative estimate of drug-likeness (QED) is 0.356. The van der Waals surface area contributed by atoms with Gasteiger partial charge in [0.05, 0.1) is 42.7 Å². The Morgan fingerprint density at radius 3 is 2.15 bits per heavy atom. The molecule has 1 saturated heterocycles. The summed E-state index contributed by atoms with van der Waals surface area (Å²) in [5, 5.41) is 9.52. The van der Waals surface area contributed by atoms with Gasteiger partial charge >= 0.3 is 17.8 Å². The van der Waals surface area contributed by atoms with Crippen molar-refractivity contribution in [2.24, 2.45) is 0 Å². The fourth-order valence-corrected chi connectivity index (χ4v) is 5.24. The first-order valence-electron chi connectivity index (χ1n) is 13.0. The number of imidazole rings is 1. The number of rotatable bonds is 5. The van der Waals surface area contributed by atoms with Crippen molar-refractivity contribution in [1.82, 2.24) is 19.0 Å². The maximum absolute atomic E-state index is 14.0. The summed E-state index contributed by atoms with van der Waals surface area (Å²) in [4.78, 5) is 43.7. The highest BCUT2D eigenvalue weighted by Gasteiger charge is 2.33. The molecule has 2 aromatic heterocycles. The number of fused-ring (bicyclic) bond motifs is 1. The van der Waals surface area contributed by atoms with E-state index < -0.39 is 12.1 Å². The maximum Gasteiger partial charge on any atom is 0.407 e. The Kier molecular flexibility index (Phi) is 6.87. The normalized spacial score (nSPS) is 15.4. The molecule has 1 atom stereocenters. The highest BCUT2D eigenvalue weighted by Crippen LogP contribution is 2.35. The van der Waals surface area contributed by atoms with Crippen LogP contribution in [0, 0.1) is 0 Å². The third-order valence-electron chi connectivity index (χ3n) is 7.31. The van der Waals surface area contributed by atoms with Crippen molar-refractivity contribution in [2.75, 3.05) is 27.3 Å². The minimum absolute atomic E-state index is 0.216. The van der Waals surface area contributed by atoms with E-state index in [0.717, 1.165) is 11.1 Å². The zero-order valence-electron chi connectivity index (χ0n) is 23.2. The standard InChI is InChI=1S/C30H32N4O6/c1-30(2,3)25-24(39-4)16-23-26(31-25)34(22-14-15-32(17-22)29(37)38)28(36)33(23)21-12-10-19(11-13-21)18-6-8-20(9-7-18)27(35)40-5/h6-13,16,22H,14-15,17H2,1-5H3,(H,37,38)/t22-/m0/s1. The number of pyridine rings is 1. The number of aromatic nitrogens is 3. The Morgan fingerprint density at radius 2 is 1.62 bits per heavy atom. The highest BCUT2D eigenvalue weighted by atomic mass is 16.5. The molecule has 0 bridgehead atoms. The van der Waals surface area contributed by atoms with Gasteiger partial charge in [-0.3, -0.25) is 9.13 Å². The number of methoxy groups -OCH3 is 2. The molecule has 40 heavy (non-hydrogen) atoms. The average molecular weight is 545 g/mol. The van der Waals surface area contributed by atoms with Crippen LogP contribution in [0.3, 0.4) is 0 Å². The summed E-state index contributed by atoms with van der Waals surface area (Å²) in [5.74, 6) is 0.178. The number of carbonyl (C=O) groups is 2. The molecule has 4 aromatic rings. The number of nitrogens with zero attached hydrogens (tertiary/aromatic N) is 4. The highest BCUT2D eigenvalue weighted by molar-refractivity contribution is 5.90. The minimum atomic E-state index is -1.00. The summed E-state index contributed by atoms with van der Waals surface area (Å²) < 4.78 is 13.7. The Labute approximate surface area is 231 Å². The molecule has 3 heterocycles. The van der Waals surface area contributed by atoms with Crippen molar-refractivity contribution in [3.8, 4) is 22.6 Å². The number of hydrogen-bond acceptors (Lipinski definition) is 6. The van der Waals surface area contributed by atoms with E-state index in [9.17, 15) is 19.5 Å². The van der Waals surface area contributed by atoms with E-state index in [2.05, 4.69) is 0 Å². The molecule has 1 fully saturated rings. The van der Waals surface area contributed by atoms with Crippen LogP contribution in [0.4, 0.5) is 4.79 Å². The molecule has 0 unspecified atom stereocenters. The first-order chi connectivity index (χ1) is 19.0. The van der Waals surface area contributed by atoms with E-state index in [1.807, 2.05) is 63.2 Å². The van der Waals surface area contributed by atoms with Crippen molar-refractivity contribution >= 4 is 23.2 Å². The molecular formula is C30H32N4O6. The predicted octanol–water partition coefficient (Wildman–Crippen LogP) is 4.87. The van der Waals surface area contributed by atoms with E-state index in [0.29, 0.717) is 46.8 Å². The predicted molar refractivity (Wildman–Crippen MR) is 151 cm³/mol. The Balaban J connectivity index is 1.63. The van der Waals surface area contributed by atoms with Gasteiger partial charge in [0, 0.05) is 24.6 Å². The van der Waals surface area contributed by atoms with Gasteiger partial charge in [-0.05, 0) is 41.8 Å². The molecule has 5 rings (SSSR count). The first-order valence-corrected chi connectivity index (χ1v) is 13.0. The van der Waals surface area contributed by atoms with E-state index in [1.165, 1.54) is 12.0 Å². The largest absolute Gasteiger partial charge is 0.495 e. The number of likely N-dealkylation sites (tertiary alicyclic amines) is 1. The van der Waals surface area contributed by atoms with E-state index in [4.69, 9.17) is 14.5 Å². The first kappa shape index (κ1) is 27.0. The van der Waals surface area contributed by atoms with Gasteiger partial charge in [-0.2, -0.15) is 0 Å². The Bertz CT molecular complexity index is 1650. The van der Waals surface area contributed by atoms with Crippen molar-refractivity contribution in [3.05, 3.63) is 76.3 Å². The third-order valence-corrected chi connectivity index (χ3v) is 7.31. The van der Waals surface area contributed by atoms with Crippen LogP contribution in [0.15, 0.2) is 59.4 Å². The van der Waals surface area contributed by atoms with E-state index in [1.54, 1.807) is 28.4 Å². The number of ether oxygens (including phenoxy) is 2. The van der Waals surface area contributed by atoms with Gasteiger partial charge in [0.15, 0.2) is 5.65 Å². The molecule has 1 aliphatic heterocycles. The van der Waals surface area contributed by atoms with Gasteiger partial charge in [0.1, 0.15) is 5.75 Å². The Morgan fingerprint density at radius 1 is 1.00 bits per heavy atom. The van der Waals surface area contributed by atoms with Crippen molar-refractivity contribution in [3.63, 3.8) is 0 Å². The molecule has 1 aliphatic rings. The van der Waals surface area contributed by atoms with Gasteiger partial charge < -0.3 is 19.5 Å². The van der Waals surface area contributed by atoms with Crippen LogP contribution < -0.4 is 10.4 Å². The lowest BCUT2D eigenvalue weighted by molar-refractivity contribution is 0.0600. The molecule has 1 N–H and O–H groups in total. The lowest BCUT2D eigenvalue weighted by Crippen LogP contribution is -2.31. The van der Waals surface area contributed by atoms with Crippen LogP contribution in [0.25, 0.3) is 28.0 Å². The zero-order valence-corrected chi connectivity index (χ0v) is 23.2. The van der Waals surface area contributed by atoms with Crippen LogP contribution in [0.2, 0.25) is 0 Å². The van der Waals surface area contributed by atoms with E-state index in [-0.39, 0.29) is 23.7 Å². The van der Waals surface area contributed by atoms with Crippen LogP contribution in [-0.4, -0.2) is 63.5 Å². The monoisotopic (exact) mass is 544 g/mol. The molecule has 1 amide bonds. The SMILES string of the molecule is COC(=O)c1ccc(-c2ccc(-n3c(=O)n([C@H]4CCN(C(=O)O)C4)c4nc(C(C)(C)C)c(OC)cc43)cc2)cc1. The third kappa shape index (κ3) is 4.70. The Hall–Kier alpha value is -4.60. The van der Waals surface area contributed by atoms with Crippen LogP contribution in [0.5, 0.6) is 5.75 Å². The maximum atomic E-state index is 14.0. The summed E-state index contributed by atoms with van der Waals surface area (Å²) in [6.07, 6.45) is -0.482. The molecule has 208 valence electrons. The molecule has 0 spiro atoms. The fourth-order valence-electron chi connectivity index (χ4n) is 5.24. The summed E-state index contributed by atoms with van der Waals surface area (Å²) in [6, 6.07) is 16.1. The molecule has 10 nitrogen and oxygen atoms in total. The van der Waals surface area contributed by atoms with Gasteiger partial charge in [0.25, 0.3) is 0 Å². The summed E-state index contributed by atoms with van der Waals surface area (Å²) in [6.45, 7) is 6.65. The number of esters is 1. The second-order valence-electron chi connectivity index (χ2n) is 10.9. The van der Waals surface area contributed by atoms with E-state index >= 15 is 0 Å². The molecule has 0 radical (unpaired) electrons. The average Bonchev–Trinajstić information content (AvgIpc) is 3.53. The lowest BCUT2D eigenvalue weighted by Gasteiger charge is -2.21. The fraction of sp³-hybridized carbons (Fsp3) is 0.333. The lowest BCUT2D eigenvalue weighted by atomic mass is 9.91. The summed E-state index contributed by atoms with van der Waals surface area (Å²) in [5.41, 5.74) is 4.08. The number of hydrogen-bond donors (Lipinski definition) is 1. The van der Waals surface area contributed by atoms with Crippen molar-refractivity contribution in [1.29, 1.82) is 0 Å². The number of benzene rings is 2. The zero-order chi connectivity index (χ0) is 28.8. The minimum Gasteiger partial charge on any atom is -0.495 e. The second kappa shape index (κ2) is 10.2. The molecular weight excluding hydrogens is 512 g/mol. The van der Waals surface area contributed by atoms with Gasteiger partial charge in [-0.15, -0.1) is 0 Å². The number of carbonyl (C=O) groups excluding carboxylic acids is 1. The summed E-state index contributed by atoms with van der Waals surface area (Å²) in [7, 11) is 2.93. The van der Waals surface area contributed by atoms with Crippen LogP contribution in [0.1, 0.15) is 49.3 Å². The molecule has 10 heteroatoms. The smallest absolute Gasteiger partial charge is 0.407 e. The number of carboxylic acid groups (broad SMARTS) is 1. The van der Waals surface area contributed by atoms with Gasteiger partial charge in [-0.25, -0.2) is 19.4 Å². The van der Waals surface area contributed by atoms with Crippen molar-refractivity contribution in [2.45, 2.75) is 38.6 Å². The summed E-state index contributed by atoms with van der Waals surface area (Å²) >= 11 is 0. The molecule has 0 aliphatic carbocycles. The molecule has 2 aromatic carbocycles. The number of amides is 1. The van der Waals surface area contributed by atoms with Crippen LogP contribution in [-0.2, 0) is 10.2 Å². The van der Waals surface area contributed by atoms with Gasteiger partial charge in [0.2, 0.25) is 0 Å².